The third kappa shape index (κ3) is 5.10. The van der Waals surface area contributed by atoms with Crippen molar-refractivity contribution in [3.05, 3.63) is 52.6 Å². The molecule has 2 aromatic rings. The zero-order valence-electron chi connectivity index (χ0n) is 17.9. The number of carbonyl (C=O) groups excluding carboxylic acids is 1. The lowest BCUT2D eigenvalue weighted by atomic mass is 9.95. The summed E-state index contributed by atoms with van der Waals surface area (Å²) in [7, 11) is -2.75. The monoisotopic (exact) mass is 462 g/mol. The maximum absolute atomic E-state index is 13.3. The molecule has 0 aromatic heterocycles. The quantitative estimate of drug-likeness (QED) is 0.455. The maximum Gasteiger partial charge on any atom is 0.270 e. The minimum Gasteiger partial charge on any atom is -0.495 e. The van der Waals surface area contributed by atoms with Crippen LogP contribution in [0.4, 0.5) is 17.1 Å². The Labute approximate surface area is 186 Å². The van der Waals surface area contributed by atoms with E-state index in [0.29, 0.717) is 43.9 Å². The largest absolute Gasteiger partial charge is 0.495 e. The van der Waals surface area contributed by atoms with Gasteiger partial charge in [0.05, 0.1) is 23.4 Å². The number of hydrogen-bond donors (Lipinski definition) is 2. The van der Waals surface area contributed by atoms with Crippen LogP contribution in [0.2, 0.25) is 0 Å². The van der Waals surface area contributed by atoms with E-state index in [2.05, 4.69) is 10.0 Å². The summed E-state index contributed by atoms with van der Waals surface area (Å²) >= 11 is 0. The third-order valence-electron chi connectivity index (χ3n) is 5.35. The van der Waals surface area contributed by atoms with Crippen molar-refractivity contribution in [2.45, 2.75) is 24.7 Å². The molecule has 2 aromatic carbocycles. The minimum atomic E-state index is -4.18. The van der Waals surface area contributed by atoms with Crippen molar-refractivity contribution >= 4 is 33.0 Å². The summed E-state index contributed by atoms with van der Waals surface area (Å²) in [5.41, 5.74) is 0.251. The Balaban J connectivity index is 1.93. The minimum absolute atomic E-state index is 0.0125. The van der Waals surface area contributed by atoms with Crippen molar-refractivity contribution in [2.75, 3.05) is 36.4 Å². The summed E-state index contributed by atoms with van der Waals surface area (Å²) < 4.78 is 34.3. The van der Waals surface area contributed by atoms with Gasteiger partial charge in [-0.15, -0.1) is 0 Å². The van der Waals surface area contributed by atoms with Crippen molar-refractivity contribution < 1.29 is 22.9 Å². The van der Waals surface area contributed by atoms with Crippen LogP contribution in [-0.4, -0.2) is 46.0 Å². The number of amides is 1. The van der Waals surface area contributed by atoms with E-state index in [4.69, 9.17) is 4.74 Å². The van der Waals surface area contributed by atoms with Crippen molar-refractivity contribution in [2.24, 2.45) is 5.92 Å². The second-order valence-corrected chi connectivity index (χ2v) is 9.02. The molecule has 1 aliphatic rings. The van der Waals surface area contributed by atoms with E-state index in [1.165, 1.54) is 19.2 Å². The summed E-state index contributed by atoms with van der Waals surface area (Å²) in [6.07, 6.45) is 1.12. The van der Waals surface area contributed by atoms with Crippen LogP contribution in [0.25, 0.3) is 0 Å². The number of non-ortho nitro benzene ring substituents is 1. The van der Waals surface area contributed by atoms with Crippen molar-refractivity contribution in [3.63, 3.8) is 0 Å². The summed E-state index contributed by atoms with van der Waals surface area (Å²) in [4.78, 5) is 24.5. The molecule has 10 nitrogen and oxygen atoms in total. The highest BCUT2D eigenvalue weighted by Crippen LogP contribution is 2.34. The number of sulfonamides is 1. The number of rotatable bonds is 8. The molecule has 0 bridgehead atoms. The number of nitro benzene ring substituents is 1. The number of carbonyl (C=O) groups is 1. The number of methoxy groups -OCH3 is 1. The molecule has 0 aliphatic carbocycles. The van der Waals surface area contributed by atoms with Crippen molar-refractivity contribution in [1.82, 2.24) is 5.32 Å². The van der Waals surface area contributed by atoms with E-state index in [-0.39, 0.29) is 28.1 Å². The molecule has 2 N–H and O–H groups in total. The second kappa shape index (κ2) is 9.86. The molecule has 1 aliphatic heterocycles. The van der Waals surface area contributed by atoms with Crippen LogP contribution in [0.15, 0.2) is 47.4 Å². The van der Waals surface area contributed by atoms with Gasteiger partial charge in [0.15, 0.2) is 0 Å². The number of anilines is 2. The molecule has 172 valence electrons. The Morgan fingerprint density at radius 2 is 1.91 bits per heavy atom. The maximum atomic E-state index is 13.3. The fraction of sp³-hybridized carbons (Fsp3) is 0.381. The summed E-state index contributed by atoms with van der Waals surface area (Å²) in [5.74, 6) is 0.170. The van der Waals surface area contributed by atoms with Gasteiger partial charge in [0, 0.05) is 37.7 Å². The van der Waals surface area contributed by atoms with E-state index in [0.717, 1.165) is 6.07 Å². The zero-order chi connectivity index (χ0) is 23.3. The first-order valence-electron chi connectivity index (χ1n) is 10.2. The van der Waals surface area contributed by atoms with Gasteiger partial charge in [0.25, 0.3) is 15.7 Å². The molecule has 32 heavy (non-hydrogen) atoms. The normalized spacial score (nSPS) is 14.6. The van der Waals surface area contributed by atoms with Crippen LogP contribution >= 0.6 is 0 Å². The molecule has 0 atom stereocenters. The van der Waals surface area contributed by atoms with Gasteiger partial charge in [-0.2, -0.15) is 0 Å². The van der Waals surface area contributed by atoms with Gasteiger partial charge in [0.1, 0.15) is 10.6 Å². The van der Waals surface area contributed by atoms with Gasteiger partial charge in [-0.3, -0.25) is 19.6 Å². The number of benzene rings is 2. The lowest BCUT2D eigenvalue weighted by molar-refractivity contribution is -0.385. The van der Waals surface area contributed by atoms with Crippen LogP contribution in [0, 0.1) is 16.0 Å². The Morgan fingerprint density at radius 1 is 1.22 bits per heavy atom. The van der Waals surface area contributed by atoms with E-state index in [1.807, 2.05) is 11.8 Å². The molecule has 11 heteroatoms. The first-order chi connectivity index (χ1) is 15.3. The van der Waals surface area contributed by atoms with Crippen LogP contribution < -0.4 is 19.7 Å². The number of nitrogens with one attached hydrogen (secondary N) is 2. The van der Waals surface area contributed by atoms with Gasteiger partial charge in [-0.25, -0.2) is 8.42 Å². The highest BCUT2D eigenvalue weighted by molar-refractivity contribution is 7.93. The van der Waals surface area contributed by atoms with E-state index >= 15 is 0 Å². The van der Waals surface area contributed by atoms with E-state index in [9.17, 15) is 23.3 Å². The number of ether oxygens (including phenoxy) is 1. The average molecular weight is 463 g/mol. The molecule has 1 fully saturated rings. The Hall–Kier alpha value is -3.34. The van der Waals surface area contributed by atoms with E-state index < -0.39 is 14.9 Å². The Kier molecular flexibility index (Phi) is 7.18. The number of para-hydroxylation sites is 2. The molecule has 0 radical (unpaired) electrons. The summed E-state index contributed by atoms with van der Waals surface area (Å²) in [6.45, 7) is 3.32. The smallest absolute Gasteiger partial charge is 0.270 e. The molecule has 1 heterocycles. The molecular weight excluding hydrogens is 436 g/mol. The fourth-order valence-electron chi connectivity index (χ4n) is 3.72. The first kappa shape index (κ1) is 23.3. The number of nitrogens with zero attached hydrogens (tertiary/aromatic N) is 2. The number of piperidine rings is 1. The standard InChI is InChI=1S/C21H26N4O6S/c1-3-22-21(26)15-10-12-24(13-11-15)18-9-8-16(25(27)28)14-20(18)32(29,30)23-17-6-4-5-7-19(17)31-2/h4-9,14-15,23H,3,10-13H2,1-2H3,(H,22,26). The summed E-state index contributed by atoms with van der Waals surface area (Å²) in [5, 5.41) is 14.1. The zero-order valence-corrected chi connectivity index (χ0v) is 18.7. The van der Waals surface area contributed by atoms with Gasteiger partial charge >= 0.3 is 0 Å². The van der Waals surface area contributed by atoms with E-state index in [1.54, 1.807) is 24.3 Å². The first-order valence-corrected chi connectivity index (χ1v) is 11.7. The summed E-state index contributed by atoms with van der Waals surface area (Å²) in [6, 6.07) is 10.3. The average Bonchev–Trinajstić information content (AvgIpc) is 2.79. The third-order valence-corrected chi connectivity index (χ3v) is 6.75. The molecule has 0 saturated carbocycles. The Morgan fingerprint density at radius 3 is 2.53 bits per heavy atom. The second-order valence-electron chi connectivity index (χ2n) is 7.37. The van der Waals surface area contributed by atoms with Crippen LogP contribution in [-0.2, 0) is 14.8 Å². The topological polar surface area (TPSA) is 131 Å². The van der Waals surface area contributed by atoms with Crippen LogP contribution in [0.3, 0.4) is 0 Å². The van der Waals surface area contributed by atoms with Crippen molar-refractivity contribution in [1.29, 1.82) is 0 Å². The predicted molar refractivity (Wildman–Crippen MR) is 121 cm³/mol. The van der Waals surface area contributed by atoms with Crippen LogP contribution in [0.1, 0.15) is 19.8 Å². The lowest BCUT2D eigenvalue weighted by Gasteiger charge is -2.34. The molecule has 3 rings (SSSR count). The Bertz CT molecular complexity index is 1100. The van der Waals surface area contributed by atoms with Gasteiger partial charge in [0.2, 0.25) is 5.91 Å². The lowest BCUT2D eigenvalue weighted by Crippen LogP contribution is -2.41. The van der Waals surface area contributed by atoms with Gasteiger partial charge in [-0.1, -0.05) is 12.1 Å². The highest BCUT2D eigenvalue weighted by Gasteiger charge is 2.30. The molecule has 0 spiro atoms. The molecular formula is C21H26N4O6S. The number of hydrogen-bond acceptors (Lipinski definition) is 7. The predicted octanol–water partition coefficient (Wildman–Crippen LogP) is 2.76. The molecule has 0 unspecified atom stereocenters. The molecule has 1 amide bonds. The molecule has 1 saturated heterocycles. The number of nitro groups is 1. The van der Waals surface area contributed by atoms with Crippen molar-refractivity contribution in [3.8, 4) is 5.75 Å². The fourth-order valence-corrected chi connectivity index (χ4v) is 5.04. The highest BCUT2D eigenvalue weighted by atomic mass is 32.2. The van der Waals surface area contributed by atoms with Crippen LogP contribution in [0.5, 0.6) is 5.75 Å². The van der Waals surface area contributed by atoms with Gasteiger partial charge < -0.3 is 15.0 Å². The van der Waals surface area contributed by atoms with Gasteiger partial charge in [-0.05, 0) is 38.0 Å². The SMILES string of the molecule is CCNC(=O)C1CCN(c2ccc([N+](=O)[O-])cc2S(=O)(=O)Nc2ccccc2OC)CC1.